The average molecular weight is 285 g/mol. The molecule has 0 aromatic heterocycles. The van der Waals surface area contributed by atoms with E-state index in [1.807, 2.05) is 19.1 Å². The van der Waals surface area contributed by atoms with E-state index in [0.29, 0.717) is 12.2 Å². The summed E-state index contributed by atoms with van der Waals surface area (Å²) < 4.78 is 6.22. The third-order valence-corrected chi connectivity index (χ3v) is 2.48. The first kappa shape index (κ1) is 12.8. The van der Waals surface area contributed by atoms with Crippen LogP contribution in [0.5, 0.6) is 5.75 Å². The molecule has 1 N–H and O–H groups in total. The Balaban J connectivity index is 3.03. The predicted octanol–water partition coefficient (Wildman–Crippen LogP) is 2.95. The third-order valence-electron chi connectivity index (χ3n) is 2.02. The third kappa shape index (κ3) is 3.38. The minimum Gasteiger partial charge on any atom is -0.481 e. The molecule has 3 nitrogen and oxygen atoms in total. The van der Waals surface area contributed by atoms with Crippen LogP contribution in [-0.4, -0.2) is 17.7 Å². The molecule has 0 saturated heterocycles. The number of ether oxygens (including phenoxy) is 1. The first-order valence-electron chi connectivity index (χ1n) is 4.79. The van der Waals surface area contributed by atoms with Crippen molar-refractivity contribution in [3.8, 4) is 5.75 Å². The lowest BCUT2D eigenvalue weighted by molar-refractivity contribution is -0.139. The molecule has 1 aromatic rings. The van der Waals surface area contributed by atoms with Gasteiger partial charge in [-0.05, 0) is 36.6 Å². The summed E-state index contributed by atoms with van der Waals surface area (Å²) in [5.74, 6) is -0.350. The zero-order valence-corrected chi connectivity index (χ0v) is 10.6. The van der Waals surface area contributed by atoms with Crippen LogP contribution in [-0.2, 0) is 11.2 Å². The van der Waals surface area contributed by atoms with Crippen molar-refractivity contribution in [2.24, 2.45) is 0 Å². The van der Waals surface area contributed by atoms with E-state index in [0.717, 1.165) is 15.6 Å². The second kappa shape index (κ2) is 5.70. The highest BCUT2D eigenvalue weighted by molar-refractivity contribution is 9.10. The van der Waals surface area contributed by atoms with Crippen molar-refractivity contribution in [2.75, 3.05) is 6.61 Å². The maximum absolute atomic E-state index is 10.5. The van der Waals surface area contributed by atoms with E-state index in [4.69, 9.17) is 9.84 Å². The Morgan fingerprint density at radius 2 is 2.31 bits per heavy atom. The van der Waals surface area contributed by atoms with Crippen molar-refractivity contribution in [1.82, 2.24) is 0 Å². The van der Waals surface area contributed by atoms with Crippen molar-refractivity contribution in [1.29, 1.82) is 0 Å². The molecule has 0 amide bonds. The molecular weight excluding hydrogens is 272 g/mol. The number of carbonyl (C=O) groups is 1. The van der Waals surface area contributed by atoms with Gasteiger partial charge in [-0.3, -0.25) is 0 Å². The number of carboxylic acid groups (broad SMARTS) is 1. The van der Waals surface area contributed by atoms with Gasteiger partial charge < -0.3 is 9.84 Å². The summed E-state index contributed by atoms with van der Waals surface area (Å²) in [6.07, 6.45) is 2.41. The maximum Gasteiger partial charge on any atom is 0.341 e. The molecule has 0 aliphatic rings. The lowest BCUT2D eigenvalue weighted by Gasteiger charge is -2.12. The van der Waals surface area contributed by atoms with Gasteiger partial charge in [0.05, 0.1) is 0 Å². The average Bonchev–Trinajstić information content (AvgIpc) is 2.16. The van der Waals surface area contributed by atoms with Crippen LogP contribution < -0.4 is 4.74 Å². The van der Waals surface area contributed by atoms with Crippen LogP contribution in [0.25, 0.3) is 0 Å². The Morgan fingerprint density at radius 1 is 1.62 bits per heavy atom. The number of hydrogen-bond donors (Lipinski definition) is 1. The molecule has 0 atom stereocenters. The van der Waals surface area contributed by atoms with Gasteiger partial charge in [-0.1, -0.05) is 22.0 Å². The normalized spacial score (nSPS) is 9.88. The molecule has 4 heteroatoms. The first-order chi connectivity index (χ1) is 7.54. The summed E-state index contributed by atoms with van der Waals surface area (Å²) in [5.41, 5.74) is 1.84. The molecule has 0 radical (unpaired) electrons. The fraction of sp³-hybridized carbons (Fsp3) is 0.250. The molecule has 0 saturated carbocycles. The minimum atomic E-state index is -0.980. The first-order valence-corrected chi connectivity index (χ1v) is 5.58. The molecule has 0 aliphatic carbocycles. The Labute approximate surface area is 103 Å². The Kier molecular flexibility index (Phi) is 4.55. The van der Waals surface area contributed by atoms with Crippen molar-refractivity contribution < 1.29 is 14.6 Å². The fourth-order valence-corrected chi connectivity index (χ4v) is 2.07. The van der Waals surface area contributed by atoms with E-state index in [9.17, 15) is 4.79 Å². The highest BCUT2D eigenvalue weighted by Crippen LogP contribution is 2.28. The number of aryl methyl sites for hydroxylation is 1. The Bertz CT molecular complexity index is 413. The summed E-state index contributed by atoms with van der Waals surface area (Å²) in [7, 11) is 0. The quantitative estimate of drug-likeness (QED) is 0.846. The van der Waals surface area contributed by atoms with Gasteiger partial charge in [0.2, 0.25) is 0 Å². The van der Waals surface area contributed by atoms with E-state index in [-0.39, 0.29) is 6.61 Å². The molecule has 1 rings (SSSR count). The Hall–Kier alpha value is -1.29. The number of carboxylic acids is 1. The molecule has 0 fully saturated rings. The summed E-state index contributed by atoms with van der Waals surface area (Å²) in [5, 5.41) is 8.59. The zero-order chi connectivity index (χ0) is 12.1. The fourth-order valence-electron chi connectivity index (χ4n) is 1.45. The van der Waals surface area contributed by atoms with Crippen LogP contribution in [0.1, 0.15) is 11.1 Å². The zero-order valence-electron chi connectivity index (χ0n) is 9.00. The van der Waals surface area contributed by atoms with Gasteiger partial charge in [0.25, 0.3) is 0 Å². The van der Waals surface area contributed by atoms with Crippen LogP contribution >= 0.6 is 15.9 Å². The second-order valence-corrected chi connectivity index (χ2v) is 4.30. The monoisotopic (exact) mass is 284 g/mol. The molecule has 0 aliphatic heterocycles. The number of rotatable bonds is 5. The van der Waals surface area contributed by atoms with Crippen LogP contribution in [0.3, 0.4) is 0 Å². The smallest absolute Gasteiger partial charge is 0.341 e. The molecule has 0 bridgehead atoms. The largest absolute Gasteiger partial charge is 0.481 e. The van der Waals surface area contributed by atoms with Crippen LogP contribution in [0.4, 0.5) is 0 Å². The lowest BCUT2D eigenvalue weighted by Crippen LogP contribution is -2.11. The number of aliphatic carboxylic acids is 1. The second-order valence-electron chi connectivity index (χ2n) is 3.39. The number of hydrogen-bond acceptors (Lipinski definition) is 2. The van der Waals surface area contributed by atoms with Crippen molar-refractivity contribution in [3.63, 3.8) is 0 Å². The van der Waals surface area contributed by atoms with Gasteiger partial charge in [-0.25, -0.2) is 4.79 Å². The summed E-state index contributed by atoms with van der Waals surface area (Å²) >= 11 is 3.39. The number of allylic oxidation sites excluding steroid dienone is 1. The topological polar surface area (TPSA) is 46.5 Å². The highest BCUT2D eigenvalue weighted by atomic mass is 79.9. The van der Waals surface area contributed by atoms with Gasteiger partial charge in [0.15, 0.2) is 6.61 Å². The molecule has 1 aromatic carbocycles. The van der Waals surface area contributed by atoms with Gasteiger partial charge in [0.1, 0.15) is 5.75 Å². The Morgan fingerprint density at radius 3 is 2.88 bits per heavy atom. The molecule has 0 unspecified atom stereocenters. The summed E-state index contributed by atoms with van der Waals surface area (Å²) in [6, 6.07) is 3.80. The van der Waals surface area contributed by atoms with Crippen molar-refractivity contribution in [3.05, 3.63) is 40.4 Å². The SMILES string of the molecule is C=CCc1cc(Br)cc(C)c1OCC(=O)O. The van der Waals surface area contributed by atoms with Gasteiger partial charge in [0, 0.05) is 4.47 Å². The molecule has 86 valence electrons. The van der Waals surface area contributed by atoms with Gasteiger partial charge in [-0.15, -0.1) is 6.58 Å². The summed E-state index contributed by atoms with van der Waals surface area (Å²) in [6.45, 7) is 5.22. The predicted molar refractivity (Wildman–Crippen MR) is 65.9 cm³/mol. The van der Waals surface area contributed by atoms with E-state index in [2.05, 4.69) is 22.5 Å². The number of halogens is 1. The van der Waals surface area contributed by atoms with Crippen LogP contribution in [0, 0.1) is 6.92 Å². The van der Waals surface area contributed by atoms with Crippen molar-refractivity contribution in [2.45, 2.75) is 13.3 Å². The standard InChI is InChI=1S/C12H13BrO3/c1-3-4-9-6-10(13)5-8(2)12(9)16-7-11(14)15/h3,5-6H,1,4,7H2,2H3,(H,14,15). The van der Waals surface area contributed by atoms with Gasteiger partial charge >= 0.3 is 5.97 Å². The number of benzene rings is 1. The van der Waals surface area contributed by atoms with E-state index < -0.39 is 5.97 Å². The van der Waals surface area contributed by atoms with Crippen LogP contribution in [0.2, 0.25) is 0 Å². The summed E-state index contributed by atoms with van der Waals surface area (Å²) in [4.78, 5) is 10.5. The van der Waals surface area contributed by atoms with Gasteiger partial charge in [-0.2, -0.15) is 0 Å². The van der Waals surface area contributed by atoms with Crippen LogP contribution in [0.15, 0.2) is 29.3 Å². The molecule has 0 heterocycles. The molecule has 16 heavy (non-hydrogen) atoms. The van der Waals surface area contributed by atoms with E-state index >= 15 is 0 Å². The minimum absolute atomic E-state index is 0.327. The maximum atomic E-state index is 10.5. The van der Waals surface area contributed by atoms with E-state index in [1.165, 1.54) is 0 Å². The lowest BCUT2D eigenvalue weighted by atomic mass is 10.1. The molecule has 0 spiro atoms. The van der Waals surface area contributed by atoms with E-state index in [1.54, 1.807) is 6.08 Å². The highest BCUT2D eigenvalue weighted by Gasteiger charge is 2.09. The van der Waals surface area contributed by atoms with Crippen molar-refractivity contribution >= 4 is 21.9 Å². The molecular formula is C12H13BrO3.